The fourth-order valence-electron chi connectivity index (χ4n) is 5.29. The van der Waals surface area contributed by atoms with Crippen molar-refractivity contribution in [3.8, 4) is 5.75 Å². The van der Waals surface area contributed by atoms with Crippen LogP contribution in [0.1, 0.15) is 62.5 Å². The molecular formula is C26H34FN3O2. The van der Waals surface area contributed by atoms with E-state index >= 15 is 0 Å². The van der Waals surface area contributed by atoms with Crippen molar-refractivity contribution in [1.82, 2.24) is 9.88 Å². The Balaban J connectivity index is 1.31. The molecule has 2 heterocycles. The van der Waals surface area contributed by atoms with Crippen molar-refractivity contribution in [2.75, 3.05) is 38.2 Å². The largest absolute Gasteiger partial charge is 0.494 e. The fraction of sp³-hybridized carbons (Fsp3) is 0.538. The van der Waals surface area contributed by atoms with Crippen molar-refractivity contribution in [3.63, 3.8) is 0 Å². The lowest BCUT2D eigenvalue weighted by molar-refractivity contribution is -0.129. The van der Waals surface area contributed by atoms with Gasteiger partial charge in [0.1, 0.15) is 5.82 Å². The van der Waals surface area contributed by atoms with Crippen molar-refractivity contribution in [3.05, 3.63) is 53.5 Å². The predicted octanol–water partition coefficient (Wildman–Crippen LogP) is 4.98. The summed E-state index contributed by atoms with van der Waals surface area (Å²) in [6, 6.07) is 9.61. The van der Waals surface area contributed by atoms with Crippen LogP contribution in [0.5, 0.6) is 5.75 Å². The van der Waals surface area contributed by atoms with Gasteiger partial charge in [0.05, 0.1) is 7.11 Å². The first kappa shape index (κ1) is 22.6. The minimum atomic E-state index is -0.305. The number of aromatic nitrogens is 1. The summed E-state index contributed by atoms with van der Waals surface area (Å²) in [5.41, 5.74) is 2.47. The van der Waals surface area contributed by atoms with Crippen LogP contribution in [0.25, 0.3) is 0 Å². The number of rotatable bonds is 6. The monoisotopic (exact) mass is 439 g/mol. The van der Waals surface area contributed by atoms with Crippen LogP contribution in [0.3, 0.4) is 0 Å². The SMILES string of the molecule is COc1cc([C@@H](C)C[C@H]2CC[C@@H](c3ccc(N4CCN(C(C)=O)CC4)nc3)C2)ccc1F. The highest BCUT2D eigenvalue weighted by Gasteiger charge is 2.28. The Bertz CT molecular complexity index is 925. The Morgan fingerprint density at radius 2 is 1.97 bits per heavy atom. The van der Waals surface area contributed by atoms with Crippen molar-refractivity contribution in [2.45, 2.75) is 51.4 Å². The quantitative estimate of drug-likeness (QED) is 0.637. The minimum absolute atomic E-state index is 0.150. The smallest absolute Gasteiger partial charge is 0.219 e. The van der Waals surface area contributed by atoms with E-state index < -0.39 is 0 Å². The highest BCUT2D eigenvalue weighted by atomic mass is 19.1. The molecule has 1 saturated carbocycles. The zero-order valence-electron chi connectivity index (χ0n) is 19.4. The highest BCUT2D eigenvalue weighted by Crippen LogP contribution is 2.42. The van der Waals surface area contributed by atoms with E-state index in [0.29, 0.717) is 23.5 Å². The molecule has 2 aliphatic rings. The van der Waals surface area contributed by atoms with E-state index in [1.54, 1.807) is 6.92 Å². The van der Waals surface area contributed by atoms with Crippen LogP contribution in [0, 0.1) is 11.7 Å². The van der Waals surface area contributed by atoms with E-state index in [4.69, 9.17) is 9.72 Å². The number of ether oxygens (including phenoxy) is 1. The Kier molecular flexibility index (Phi) is 6.97. The Hall–Kier alpha value is -2.63. The van der Waals surface area contributed by atoms with E-state index in [-0.39, 0.29) is 11.7 Å². The second-order valence-corrected chi connectivity index (χ2v) is 9.35. The standard InChI is InChI=1S/C26H34FN3O2/c1-18(21-6-8-24(27)25(16-21)32-3)14-20-4-5-22(15-20)23-7-9-26(28-17-23)30-12-10-29(11-13-30)19(2)31/h6-9,16-18,20,22H,4-5,10-15H2,1-3H3/t18-,20+,22+/m0/s1. The number of pyridine rings is 1. The zero-order valence-corrected chi connectivity index (χ0v) is 19.4. The maximum Gasteiger partial charge on any atom is 0.219 e. The molecule has 0 unspecified atom stereocenters. The van der Waals surface area contributed by atoms with Crippen molar-refractivity contribution < 1.29 is 13.9 Å². The summed E-state index contributed by atoms with van der Waals surface area (Å²) in [7, 11) is 1.51. The molecule has 3 atom stereocenters. The number of amides is 1. The number of carbonyl (C=O) groups is 1. The van der Waals surface area contributed by atoms with Gasteiger partial charge in [-0.25, -0.2) is 9.37 Å². The second-order valence-electron chi connectivity index (χ2n) is 9.35. The minimum Gasteiger partial charge on any atom is -0.494 e. The number of methoxy groups -OCH3 is 1. The van der Waals surface area contributed by atoms with Gasteiger partial charge in [-0.3, -0.25) is 4.79 Å². The molecule has 0 radical (unpaired) electrons. The lowest BCUT2D eigenvalue weighted by Crippen LogP contribution is -2.48. The fourth-order valence-corrected chi connectivity index (χ4v) is 5.29. The van der Waals surface area contributed by atoms with Crippen LogP contribution in [0.15, 0.2) is 36.5 Å². The van der Waals surface area contributed by atoms with E-state index in [1.807, 2.05) is 23.2 Å². The second kappa shape index (κ2) is 9.88. The molecule has 4 rings (SSSR count). The van der Waals surface area contributed by atoms with Crippen molar-refractivity contribution in [1.29, 1.82) is 0 Å². The third kappa shape index (κ3) is 5.05. The number of benzene rings is 1. The number of halogens is 1. The Morgan fingerprint density at radius 1 is 1.19 bits per heavy atom. The van der Waals surface area contributed by atoms with Crippen LogP contribution in [-0.4, -0.2) is 49.1 Å². The number of hydrogen-bond donors (Lipinski definition) is 0. The molecule has 6 heteroatoms. The van der Waals surface area contributed by atoms with Gasteiger partial charge in [-0.15, -0.1) is 0 Å². The van der Waals surface area contributed by atoms with E-state index in [0.717, 1.165) is 44.0 Å². The number of hydrogen-bond acceptors (Lipinski definition) is 4. The summed E-state index contributed by atoms with van der Waals surface area (Å²) >= 11 is 0. The molecule has 1 aliphatic heterocycles. The first-order valence-corrected chi connectivity index (χ1v) is 11.7. The summed E-state index contributed by atoms with van der Waals surface area (Å²) in [6.45, 7) is 7.06. The predicted molar refractivity (Wildman–Crippen MR) is 125 cm³/mol. The summed E-state index contributed by atoms with van der Waals surface area (Å²) in [5, 5.41) is 0. The molecule has 1 amide bonds. The molecule has 1 aromatic carbocycles. The lowest BCUT2D eigenvalue weighted by Gasteiger charge is -2.35. The van der Waals surface area contributed by atoms with Crippen LogP contribution in [-0.2, 0) is 4.79 Å². The first-order chi connectivity index (χ1) is 15.4. The van der Waals surface area contributed by atoms with Gasteiger partial charge < -0.3 is 14.5 Å². The normalized spacial score (nSPS) is 22.1. The summed E-state index contributed by atoms with van der Waals surface area (Å²) in [5.74, 6) is 2.79. The van der Waals surface area contributed by atoms with E-state index in [9.17, 15) is 9.18 Å². The lowest BCUT2D eigenvalue weighted by atomic mass is 9.88. The topological polar surface area (TPSA) is 45.7 Å². The van der Waals surface area contributed by atoms with Gasteiger partial charge in [-0.05, 0) is 72.8 Å². The third-order valence-corrected chi connectivity index (χ3v) is 7.26. The van der Waals surface area contributed by atoms with E-state index in [2.05, 4.69) is 24.0 Å². The maximum absolute atomic E-state index is 13.7. The number of carbonyl (C=O) groups excluding carboxylic acids is 1. The third-order valence-electron chi connectivity index (χ3n) is 7.26. The van der Waals surface area contributed by atoms with Crippen LogP contribution < -0.4 is 9.64 Å². The molecule has 0 N–H and O–H groups in total. The highest BCUT2D eigenvalue weighted by molar-refractivity contribution is 5.73. The maximum atomic E-state index is 13.7. The summed E-state index contributed by atoms with van der Waals surface area (Å²) in [4.78, 5) is 20.4. The van der Waals surface area contributed by atoms with Gasteiger partial charge in [0, 0.05) is 39.3 Å². The van der Waals surface area contributed by atoms with Gasteiger partial charge in [-0.1, -0.05) is 19.1 Å². The van der Waals surface area contributed by atoms with Crippen LogP contribution in [0.2, 0.25) is 0 Å². The van der Waals surface area contributed by atoms with Gasteiger partial charge >= 0.3 is 0 Å². The molecule has 5 nitrogen and oxygen atoms in total. The molecule has 1 saturated heterocycles. The number of piperazine rings is 1. The molecule has 172 valence electrons. The molecule has 0 bridgehead atoms. The molecule has 32 heavy (non-hydrogen) atoms. The van der Waals surface area contributed by atoms with Crippen LogP contribution in [0.4, 0.5) is 10.2 Å². The van der Waals surface area contributed by atoms with Crippen molar-refractivity contribution in [2.24, 2.45) is 5.92 Å². The van der Waals surface area contributed by atoms with Gasteiger partial charge in [0.15, 0.2) is 11.6 Å². The van der Waals surface area contributed by atoms with Gasteiger partial charge in [0.2, 0.25) is 5.91 Å². The molecule has 2 aromatic rings. The molecule has 2 fully saturated rings. The van der Waals surface area contributed by atoms with E-state index in [1.165, 1.54) is 38.0 Å². The van der Waals surface area contributed by atoms with Crippen molar-refractivity contribution >= 4 is 11.7 Å². The van der Waals surface area contributed by atoms with Gasteiger partial charge in [-0.2, -0.15) is 0 Å². The Labute approximate surface area is 190 Å². The summed E-state index contributed by atoms with van der Waals surface area (Å²) < 4.78 is 18.9. The van der Waals surface area contributed by atoms with Gasteiger partial charge in [0.25, 0.3) is 0 Å². The average molecular weight is 440 g/mol. The molecule has 0 spiro atoms. The zero-order chi connectivity index (χ0) is 22.7. The first-order valence-electron chi connectivity index (χ1n) is 11.7. The number of nitrogens with zero attached hydrogens (tertiary/aromatic N) is 3. The molecule has 1 aliphatic carbocycles. The Morgan fingerprint density at radius 3 is 2.62 bits per heavy atom. The molecular weight excluding hydrogens is 405 g/mol. The average Bonchev–Trinajstić information content (AvgIpc) is 3.28. The number of anilines is 1. The van der Waals surface area contributed by atoms with Crippen LogP contribution >= 0.6 is 0 Å². The molecule has 1 aromatic heterocycles. The summed E-state index contributed by atoms with van der Waals surface area (Å²) in [6.07, 6.45) is 6.76.